The number of hydrogen-bond donors (Lipinski definition) is 0. The van der Waals surface area contributed by atoms with Gasteiger partial charge < -0.3 is 4.90 Å². The summed E-state index contributed by atoms with van der Waals surface area (Å²) in [7, 11) is 0. The molecule has 0 amide bonds. The van der Waals surface area contributed by atoms with Crippen molar-refractivity contribution in [1.82, 2.24) is 0 Å². The van der Waals surface area contributed by atoms with Gasteiger partial charge in [0, 0.05) is 17.1 Å². The molecule has 12 aromatic rings. The molecule has 0 saturated carbocycles. The van der Waals surface area contributed by atoms with E-state index in [0.717, 1.165) is 22.6 Å². The fraction of sp³-hybridized carbons (Fsp3) is 0.0145. The Labute approximate surface area is 409 Å². The van der Waals surface area contributed by atoms with E-state index in [1.807, 2.05) is 0 Å². The first kappa shape index (κ1) is 41.2. The zero-order valence-corrected chi connectivity index (χ0v) is 38.6. The van der Waals surface area contributed by atoms with E-state index in [4.69, 9.17) is 0 Å². The first-order chi connectivity index (χ1) is 34.7. The highest BCUT2D eigenvalue weighted by molar-refractivity contribution is 5.98. The Hall–Kier alpha value is -9.04. The zero-order valence-electron chi connectivity index (χ0n) is 38.6. The molecule has 70 heavy (non-hydrogen) atoms. The molecule has 13 rings (SSSR count). The van der Waals surface area contributed by atoms with Crippen LogP contribution in [-0.4, -0.2) is 0 Å². The van der Waals surface area contributed by atoms with Gasteiger partial charge in [0.1, 0.15) is 0 Å². The number of nitrogens with zero attached hydrogens (tertiary/aromatic N) is 1. The van der Waals surface area contributed by atoms with Gasteiger partial charge in [0.05, 0.1) is 5.41 Å². The number of anilines is 3. The lowest BCUT2D eigenvalue weighted by molar-refractivity contribution is 0.769. The Morgan fingerprint density at radius 1 is 0.229 bits per heavy atom. The number of rotatable bonds is 9. The molecule has 1 heteroatoms. The van der Waals surface area contributed by atoms with E-state index in [2.05, 4.69) is 290 Å². The van der Waals surface area contributed by atoms with Gasteiger partial charge in [0.15, 0.2) is 0 Å². The second kappa shape index (κ2) is 17.2. The van der Waals surface area contributed by atoms with Crippen LogP contribution in [0.4, 0.5) is 17.1 Å². The predicted octanol–water partition coefficient (Wildman–Crippen LogP) is 18.5. The summed E-state index contributed by atoms with van der Waals surface area (Å²) in [4.78, 5) is 2.38. The van der Waals surface area contributed by atoms with Crippen LogP contribution in [0.25, 0.3) is 77.2 Å². The van der Waals surface area contributed by atoms with Crippen molar-refractivity contribution in [3.63, 3.8) is 0 Å². The van der Waals surface area contributed by atoms with Crippen LogP contribution in [0.3, 0.4) is 0 Å². The van der Waals surface area contributed by atoms with E-state index in [1.165, 1.54) is 93.9 Å². The molecule has 0 aromatic heterocycles. The van der Waals surface area contributed by atoms with Crippen LogP contribution in [0.15, 0.2) is 285 Å². The van der Waals surface area contributed by atoms with Crippen molar-refractivity contribution in [3.05, 3.63) is 307 Å². The first-order valence-corrected chi connectivity index (χ1v) is 24.2. The topological polar surface area (TPSA) is 3.24 Å². The van der Waals surface area contributed by atoms with Crippen LogP contribution in [0.2, 0.25) is 0 Å². The smallest absolute Gasteiger partial charge is 0.0713 e. The summed E-state index contributed by atoms with van der Waals surface area (Å²) in [5.41, 5.74) is 20.0. The lowest BCUT2D eigenvalue weighted by Crippen LogP contribution is -2.28. The first-order valence-electron chi connectivity index (χ1n) is 24.2. The molecule has 0 fully saturated rings. The number of hydrogen-bond acceptors (Lipinski definition) is 1. The third-order valence-corrected chi connectivity index (χ3v) is 14.5. The minimum absolute atomic E-state index is 0.527. The average molecular weight is 890 g/mol. The molecule has 1 nitrogen and oxygen atoms in total. The molecule has 1 aliphatic rings. The van der Waals surface area contributed by atoms with Gasteiger partial charge in [-0.15, -0.1) is 0 Å². The van der Waals surface area contributed by atoms with Crippen molar-refractivity contribution in [2.45, 2.75) is 5.41 Å². The van der Waals surface area contributed by atoms with Gasteiger partial charge >= 0.3 is 0 Å². The van der Waals surface area contributed by atoms with Crippen LogP contribution < -0.4 is 4.90 Å². The predicted molar refractivity (Wildman–Crippen MR) is 295 cm³/mol. The second-order valence-corrected chi connectivity index (χ2v) is 18.4. The van der Waals surface area contributed by atoms with Crippen LogP contribution >= 0.6 is 0 Å². The SMILES string of the molecule is c1ccc(-c2cc(-c3ccc(N(c4ccc(-c5cccc6ccccc56)cc4)c4ccc(-c5cccc6ccccc56)cc4)cc3)cc(C3(c4ccccc4)c4ccccc4-c4ccccc43)c2)cc1. The van der Waals surface area contributed by atoms with E-state index < -0.39 is 5.41 Å². The molecule has 0 spiro atoms. The summed E-state index contributed by atoms with van der Waals surface area (Å²) in [5, 5.41) is 4.99. The Morgan fingerprint density at radius 3 is 1.10 bits per heavy atom. The van der Waals surface area contributed by atoms with Gasteiger partial charge in [-0.25, -0.2) is 0 Å². The van der Waals surface area contributed by atoms with Crippen molar-refractivity contribution in [1.29, 1.82) is 0 Å². The Balaban J connectivity index is 0.951. The standard InChI is InChI=1S/C69H47N/c1-3-17-48(18-4-1)54-45-55(47-57(46-54)69(56-23-5-2-6-24-56)67-31-13-11-27-65(67)66-28-12-14-32-68(66)69)49-33-39-58(40-34-49)70(59-41-35-52(36-42-59)63-29-15-21-50-19-7-9-25-61(50)63)60-43-37-53(38-44-60)64-30-16-22-51-20-8-10-26-62(51)64/h1-47H. The molecule has 12 aromatic carbocycles. The highest BCUT2D eigenvalue weighted by Gasteiger charge is 2.46. The summed E-state index contributed by atoms with van der Waals surface area (Å²) in [5.74, 6) is 0. The fourth-order valence-corrected chi connectivity index (χ4v) is 11.3. The van der Waals surface area contributed by atoms with Crippen molar-refractivity contribution in [2.24, 2.45) is 0 Å². The highest BCUT2D eigenvalue weighted by atomic mass is 15.1. The molecule has 0 heterocycles. The maximum Gasteiger partial charge on any atom is 0.0713 e. The maximum absolute atomic E-state index is 2.45. The molecule has 0 radical (unpaired) electrons. The van der Waals surface area contributed by atoms with E-state index in [1.54, 1.807) is 0 Å². The summed E-state index contributed by atoms with van der Waals surface area (Å²) < 4.78 is 0. The van der Waals surface area contributed by atoms with Gasteiger partial charge in [-0.05, 0) is 154 Å². The Morgan fingerprint density at radius 2 is 0.600 bits per heavy atom. The second-order valence-electron chi connectivity index (χ2n) is 18.4. The summed E-state index contributed by atoms with van der Waals surface area (Å²) in [6, 6.07) is 105. The molecule has 0 saturated heterocycles. The average Bonchev–Trinajstić information content (AvgIpc) is 3.75. The Kier molecular flexibility index (Phi) is 10.1. The minimum Gasteiger partial charge on any atom is -0.311 e. The van der Waals surface area contributed by atoms with Gasteiger partial charge in [-0.3, -0.25) is 0 Å². The monoisotopic (exact) mass is 889 g/mol. The lowest BCUT2D eigenvalue weighted by Gasteiger charge is -2.34. The molecule has 0 aliphatic heterocycles. The van der Waals surface area contributed by atoms with E-state index >= 15 is 0 Å². The van der Waals surface area contributed by atoms with E-state index in [9.17, 15) is 0 Å². The van der Waals surface area contributed by atoms with Crippen molar-refractivity contribution in [3.8, 4) is 55.6 Å². The van der Waals surface area contributed by atoms with Crippen molar-refractivity contribution >= 4 is 38.6 Å². The maximum atomic E-state index is 2.45. The number of benzene rings is 12. The minimum atomic E-state index is -0.527. The van der Waals surface area contributed by atoms with Crippen LogP contribution in [0, 0.1) is 0 Å². The van der Waals surface area contributed by atoms with Crippen molar-refractivity contribution in [2.75, 3.05) is 4.90 Å². The molecule has 0 unspecified atom stereocenters. The molecule has 0 atom stereocenters. The molecule has 0 bridgehead atoms. The van der Waals surface area contributed by atoms with E-state index in [0.29, 0.717) is 0 Å². The molecule has 1 aliphatic carbocycles. The third kappa shape index (κ3) is 6.94. The highest BCUT2D eigenvalue weighted by Crippen LogP contribution is 2.57. The van der Waals surface area contributed by atoms with Gasteiger partial charge in [0.2, 0.25) is 0 Å². The summed E-state index contributed by atoms with van der Waals surface area (Å²) in [6.07, 6.45) is 0. The fourth-order valence-electron chi connectivity index (χ4n) is 11.3. The third-order valence-electron chi connectivity index (χ3n) is 14.5. The molecule has 0 N–H and O–H groups in total. The van der Waals surface area contributed by atoms with Crippen LogP contribution in [-0.2, 0) is 5.41 Å². The summed E-state index contributed by atoms with van der Waals surface area (Å²) in [6.45, 7) is 0. The molecular weight excluding hydrogens is 843 g/mol. The van der Waals surface area contributed by atoms with Gasteiger partial charge in [-0.1, -0.05) is 231 Å². The normalized spacial score (nSPS) is 12.4. The van der Waals surface area contributed by atoms with Gasteiger partial charge in [0.25, 0.3) is 0 Å². The quantitative estimate of drug-likeness (QED) is 0.140. The zero-order chi connectivity index (χ0) is 46.4. The molecule has 328 valence electrons. The Bertz CT molecular complexity index is 3670. The summed E-state index contributed by atoms with van der Waals surface area (Å²) >= 11 is 0. The lowest BCUT2D eigenvalue weighted by atomic mass is 9.67. The van der Waals surface area contributed by atoms with Crippen LogP contribution in [0.1, 0.15) is 22.3 Å². The largest absolute Gasteiger partial charge is 0.311 e. The van der Waals surface area contributed by atoms with E-state index in [-0.39, 0.29) is 0 Å². The van der Waals surface area contributed by atoms with Gasteiger partial charge in [-0.2, -0.15) is 0 Å². The number of fused-ring (bicyclic) bond motifs is 5. The molecular formula is C69H47N. The van der Waals surface area contributed by atoms with Crippen molar-refractivity contribution < 1.29 is 0 Å². The van der Waals surface area contributed by atoms with Crippen LogP contribution in [0.5, 0.6) is 0 Å².